The number of pyridine rings is 1. The van der Waals surface area contributed by atoms with Gasteiger partial charge in [0.2, 0.25) is 0 Å². The Bertz CT molecular complexity index is 552. The normalized spacial score (nSPS) is 12.1. The lowest BCUT2D eigenvalue weighted by Gasteiger charge is -2.15. The number of carboxylic acid groups (broad SMARTS) is 1. The Balaban J connectivity index is 2.14. The fourth-order valence-electron chi connectivity index (χ4n) is 2.25. The van der Waals surface area contributed by atoms with Crippen LogP contribution in [0.1, 0.15) is 29.0 Å². The first kappa shape index (κ1) is 13.3. The fraction of sp³-hybridized carbons (Fsp3) is 0.250. The molecule has 0 radical (unpaired) electrons. The number of hydrogen-bond donors (Lipinski definition) is 1. The minimum atomic E-state index is -0.766. The molecule has 0 aliphatic heterocycles. The molecule has 0 bridgehead atoms. The lowest BCUT2D eigenvalue weighted by Crippen LogP contribution is -2.14. The highest BCUT2D eigenvalue weighted by molar-refractivity contribution is 5.76. The van der Waals surface area contributed by atoms with E-state index in [0.29, 0.717) is 6.42 Å². The van der Waals surface area contributed by atoms with Gasteiger partial charge < -0.3 is 5.11 Å². The van der Waals surface area contributed by atoms with Gasteiger partial charge in [0, 0.05) is 12.4 Å². The van der Waals surface area contributed by atoms with Crippen LogP contribution < -0.4 is 0 Å². The van der Waals surface area contributed by atoms with Crippen molar-refractivity contribution in [3.63, 3.8) is 0 Å². The van der Waals surface area contributed by atoms with Crippen LogP contribution in [0.15, 0.2) is 48.8 Å². The lowest BCUT2D eigenvalue weighted by atomic mass is 9.90. The van der Waals surface area contributed by atoms with Crippen molar-refractivity contribution in [2.24, 2.45) is 0 Å². The van der Waals surface area contributed by atoms with Crippen molar-refractivity contribution < 1.29 is 9.90 Å². The smallest absolute Gasteiger partial charge is 0.310 e. The maximum Gasteiger partial charge on any atom is 0.310 e. The van der Waals surface area contributed by atoms with Crippen molar-refractivity contribution >= 4 is 5.97 Å². The number of nitrogens with zero attached hydrogens (tertiary/aromatic N) is 1. The zero-order valence-corrected chi connectivity index (χ0v) is 10.9. The van der Waals surface area contributed by atoms with Crippen LogP contribution in [0.3, 0.4) is 0 Å². The molecule has 2 rings (SSSR count). The van der Waals surface area contributed by atoms with Gasteiger partial charge in [-0.15, -0.1) is 0 Å². The number of carboxylic acids is 1. The number of aryl methyl sites for hydroxylation is 2. The molecule has 1 atom stereocenters. The largest absolute Gasteiger partial charge is 0.481 e. The van der Waals surface area contributed by atoms with Gasteiger partial charge in [0.15, 0.2) is 0 Å². The molecule has 2 aromatic rings. The van der Waals surface area contributed by atoms with Crippen LogP contribution >= 0.6 is 0 Å². The van der Waals surface area contributed by atoms with Crippen LogP contribution in [-0.2, 0) is 11.2 Å². The van der Waals surface area contributed by atoms with Gasteiger partial charge in [-0.05, 0) is 42.5 Å². The van der Waals surface area contributed by atoms with Gasteiger partial charge in [0.25, 0.3) is 0 Å². The summed E-state index contributed by atoms with van der Waals surface area (Å²) in [5, 5.41) is 9.41. The van der Waals surface area contributed by atoms with Gasteiger partial charge in [0.05, 0.1) is 5.92 Å². The Kier molecular flexibility index (Phi) is 4.29. The van der Waals surface area contributed by atoms with Crippen molar-refractivity contribution in [1.29, 1.82) is 0 Å². The zero-order chi connectivity index (χ0) is 13.7. The van der Waals surface area contributed by atoms with Gasteiger partial charge in [0.1, 0.15) is 0 Å². The van der Waals surface area contributed by atoms with Gasteiger partial charge in [-0.3, -0.25) is 9.78 Å². The van der Waals surface area contributed by atoms with Gasteiger partial charge in [-0.2, -0.15) is 0 Å². The second kappa shape index (κ2) is 6.14. The first-order valence-electron chi connectivity index (χ1n) is 6.35. The second-order valence-electron chi connectivity index (χ2n) is 4.65. The minimum absolute atomic E-state index is 0.457. The number of hydrogen-bond acceptors (Lipinski definition) is 2. The van der Waals surface area contributed by atoms with Crippen LogP contribution in [0.25, 0.3) is 0 Å². The topological polar surface area (TPSA) is 50.2 Å². The van der Waals surface area contributed by atoms with E-state index in [1.165, 1.54) is 0 Å². The summed E-state index contributed by atoms with van der Waals surface area (Å²) in [6, 6.07) is 11.5. The van der Waals surface area contributed by atoms with Crippen molar-refractivity contribution in [2.45, 2.75) is 25.7 Å². The number of aliphatic carboxylic acids is 1. The monoisotopic (exact) mass is 255 g/mol. The molecule has 0 amide bonds. The standard InChI is InChI=1S/C16H17NO2/c1-12-5-2-3-7-14(12)15(16(18)19)9-8-13-6-4-10-17-11-13/h2-7,10-11,15H,8-9H2,1H3,(H,18,19). The van der Waals surface area contributed by atoms with Gasteiger partial charge in [-0.1, -0.05) is 30.3 Å². The predicted octanol–water partition coefficient (Wildman–Crippen LogP) is 3.19. The molecule has 1 aromatic carbocycles. The van der Waals surface area contributed by atoms with E-state index >= 15 is 0 Å². The first-order valence-corrected chi connectivity index (χ1v) is 6.35. The molecule has 0 saturated heterocycles. The molecule has 0 aliphatic rings. The lowest BCUT2D eigenvalue weighted by molar-refractivity contribution is -0.139. The molecule has 1 unspecified atom stereocenters. The molecule has 0 saturated carbocycles. The second-order valence-corrected chi connectivity index (χ2v) is 4.65. The SMILES string of the molecule is Cc1ccccc1C(CCc1cccnc1)C(=O)O. The van der Waals surface area contributed by atoms with Crippen molar-refractivity contribution in [3.05, 3.63) is 65.5 Å². The van der Waals surface area contributed by atoms with Crippen LogP contribution in [0.2, 0.25) is 0 Å². The Morgan fingerprint density at radius 3 is 2.68 bits per heavy atom. The third-order valence-electron chi connectivity index (χ3n) is 3.31. The van der Waals surface area contributed by atoms with E-state index in [1.807, 2.05) is 43.3 Å². The van der Waals surface area contributed by atoms with Crippen LogP contribution in [-0.4, -0.2) is 16.1 Å². The molecule has 19 heavy (non-hydrogen) atoms. The van der Waals surface area contributed by atoms with E-state index in [0.717, 1.165) is 23.1 Å². The summed E-state index contributed by atoms with van der Waals surface area (Å²) < 4.78 is 0. The molecule has 3 nitrogen and oxygen atoms in total. The molecule has 0 spiro atoms. The van der Waals surface area contributed by atoms with E-state index in [4.69, 9.17) is 0 Å². The highest BCUT2D eigenvalue weighted by Gasteiger charge is 2.20. The van der Waals surface area contributed by atoms with Crippen molar-refractivity contribution in [2.75, 3.05) is 0 Å². The maximum absolute atomic E-state index is 11.5. The van der Waals surface area contributed by atoms with Gasteiger partial charge >= 0.3 is 5.97 Å². The molecule has 0 aliphatic carbocycles. The van der Waals surface area contributed by atoms with Crippen molar-refractivity contribution in [3.8, 4) is 0 Å². The average molecular weight is 255 g/mol. The molecule has 1 N–H and O–H groups in total. The molecular formula is C16H17NO2. The number of benzene rings is 1. The molecule has 3 heteroatoms. The van der Waals surface area contributed by atoms with Gasteiger partial charge in [-0.25, -0.2) is 0 Å². The van der Waals surface area contributed by atoms with E-state index in [1.54, 1.807) is 12.4 Å². The Hall–Kier alpha value is -2.16. The molecule has 0 fully saturated rings. The summed E-state index contributed by atoms with van der Waals surface area (Å²) in [5.74, 6) is -1.22. The first-order chi connectivity index (χ1) is 9.18. The third-order valence-corrected chi connectivity index (χ3v) is 3.31. The Labute approximate surface area is 112 Å². The number of aromatic nitrogens is 1. The summed E-state index contributed by atoms with van der Waals surface area (Å²) in [6.07, 6.45) is 4.82. The van der Waals surface area contributed by atoms with E-state index < -0.39 is 11.9 Å². The summed E-state index contributed by atoms with van der Waals surface area (Å²) in [7, 11) is 0. The summed E-state index contributed by atoms with van der Waals surface area (Å²) in [6.45, 7) is 1.95. The zero-order valence-electron chi connectivity index (χ0n) is 10.9. The van der Waals surface area contributed by atoms with Crippen LogP contribution in [0.4, 0.5) is 0 Å². The average Bonchev–Trinajstić information content (AvgIpc) is 2.42. The predicted molar refractivity (Wildman–Crippen MR) is 74.1 cm³/mol. The molecule has 98 valence electrons. The van der Waals surface area contributed by atoms with E-state index in [9.17, 15) is 9.90 Å². The number of rotatable bonds is 5. The van der Waals surface area contributed by atoms with Crippen molar-refractivity contribution in [1.82, 2.24) is 4.98 Å². The van der Waals surface area contributed by atoms with E-state index in [2.05, 4.69) is 4.98 Å². The Morgan fingerprint density at radius 1 is 1.26 bits per heavy atom. The fourth-order valence-corrected chi connectivity index (χ4v) is 2.25. The molecule has 1 aromatic heterocycles. The van der Waals surface area contributed by atoms with Crippen LogP contribution in [0, 0.1) is 6.92 Å². The summed E-state index contributed by atoms with van der Waals surface area (Å²) >= 11 is 0. The Morgan fingerprint density at radius 2 is 2.05 bits per heavy atom. The molecule has 1 heterocycles. The minimum Gasteiger partial charge on any atom is -0.481 e. The summed E-state index contributed by atoms with van der Waals surface area (Å²) in [5.41, 5.74) is 3.00. The third kappa shape index (κ3) is 3.41. The molecular weight excluding hydrogens is 238 g/mol. The number of carbonyl (C=O) groups is 1. The maximum atomic E-state index is 11.5. The van der Waals surface area contributed by atoms with Crippen LogP contribution in [0.5, 0.6) is 0 Å². The summed E-state index contributed by atoms with van der Waals surface area (Å²) in [4.78, 5) is 15.5. The van der Waals surface area contributed by atoms with E-state index in [-0.39, 0.29) is 0 Å². The highest BCUT2D eigenvalue weighted by atomic mass is 16.4. The highest BCUT2D eigenvalue weighted by Crippen LogP contribution is 2.24. The quantitative estimate of drug-likeness (QED) is 0.892.